The number of rotatable bonds is 13. The Hall–Kier alpha value is -2.39. The van der Waals surface area contributed by atoms with Crippen LogP contribution in [0.15, 0.2) is 12.1 Å². The monoisotopic (exact) mass is 503 g/mol. The number of amides is 2. The number of ether oxygens (including phenoxy) is 1. The fourth-order valence-corrected chi connectivity index (χ4v) is 5.27. The summed E-state index contributed by atoms with van der Waals surface area (Å²) in [5, 5.41) is 15.9. The molecule has 9 heteroatoms. The van der Waals surface area contributed by atoms with Crippen LogP contribution < -0.4 is 10.6 Å². The minimum atomic E-state index is -0.991. The second-order valence-corrected chi connectivity index (χ2v) is 10.5. The van der Waals surface area contributed by atoms with Crippen molar-refractivity contribution in [1.29, 1.82) is 0 Å². The van der Waals surface area contributed by atoms with Crippen LogP contribution in [0.1, 0.15) is 70.6 Å². The molecule has 1 fully saturated rings. The lowest BCUT2D eigenvalue weighted by Crippen LogP contribution is -2.51. The molecule has 0 aliphatic carbocycles. The van der Waals surface area contributed by atoms with Crippen LogP contribution in [-0.4, -0.2) is 89.4 Å². The number of nitrogens with zero attached hydrogens (tertiary/aromatic N) is 3. The molecule has 1 saturated heterocycles. The average Bonchev–Trinajstić information content (AvgIpc) is 3.21. The number of urea groups is 1. The normalized spacial score (nSPS) is 21.1. The van der Waals surface area contributed by atoms with E-state index in [0.29, 0.717) is 13.0 Å². The Morgan fingerprint density at radius 1 is 1.25 bits per heavy atom. The van der Waals surface area contributed by atoms with E-state index in [2.05, 4.69) is 27.7 Å². The third-order valence-electron chi connectivity index (χ3n) is 7.54. The van der Waals surface area contributed by atoms with Crippen molar-refractivity contribution in [3.8, 4) is 0 Å². The zero-order chi connectivity index (χ0) is 26.1. The maximum Gasteiger partial charge on any atom is 0.326 e. The summed E-state index contributed by atoms with van der Waals surface area (Å²) in [5.74, 6) is 0.0449. The highest BCUT2D eigenvalue weighted by Crippen LogP contribution is 2.23. The number of carbonyl (C=O) groups excluding carboxylic acids is 1. The summed E-state index contributed by atoms with van der Waals surface area (Å²) in [5.41, 5.74) is 2.41. The number of aryl methyl sites for hydroxylation is 2. The number of aromatic nitrogens is 1. The highest BCUT2D eigenvalue weighted by molar-refractivity contribution is 5.83. The summed E-state index contributed by atoms with van der Waals surface area (Å²) in [7, 11) is 1.69. The Labute approximate surface area is 216 Å². The van der Waals surface area contributed by atoms with Gasteiger partial charge in [0.05, 0.1) is 6.10 Å². The van der Waals surface area contributed by atoms with E-state index in [9.17, 15) is 14.7 Å². The Bertz CT molecular complexity index is 857. The molecule has 3 N–H and O–H groups in total. The summed E-state index contributed by atoms with van der Waals surface area (Å²) in [6, 6.07) is 3.41. The zero-order valence-electron chi connectivity index (χ0n) is 22.5. The predicted molar refractivity (Wildman–Crippen MR) is 141 cm³/mol. The number of carbonyl (C=O) groups is 2. The first-order valence-corrected chi connectivity index (χ1v) is 13.6. The molecular formula is C27H45N5O4. The summed E-state index contributed by atoms with van der Waals surface area (Å²) in [4.78, 5) is 33.5. The Morgan fingerprint density at radius 2 is 2.00 bits per heavy atom. The van der Waals surface area contributed by atoms with Gasteiger partial charge in [-0.25, -0.2) is 14.6 Å². The van der Waals surface area contributed by atoms with Crippen LogP contribution in [0, 0.1) is 0 Å². The van der Waals surface area contributed by atoms with Crippen LogP contribution >= 0.6 is 0 Å². The van der Waals surface area contributed by atoms with Gasteiger partial charge in [-0.3, -0.25) is 0 Å². The molecule has 0 spiro atoms. The van der Waals surface area contributed by atoms with Crippen molar-refractivity contribution in [3.63, 3.8) is 0 Å². The van der Waals surface area contributed by atoms with Gasteiger partial charge in [0.1, 0.15) is 11.9 Å². The van der Waals surface area contributed by atoms with Crippen LogP contribution in [0.5, 0.6) is 0 Å². The van der Waals surface area contributed by atoms with Crippen LogP contribution in [0.2, 0.25) is 0 Å². The number of carboxylic acids is 1. The summed E-state index contributed by atoms with van der Waals surface area (Å²) in [6.45, 7) is 9.19. The SMILES string of the molecule is COC(C)CN(CCCCc1ccc2c(n1)NCCC2)CCC(NC(=O)N1C(C)CCC1C)C(=O)O. The van der Waals surface area contributed by atoms with Crippen molar-refractivity contribution in [2.45, 2.75) is 96.4 Å². The van der Waals surface area contributed by atoms with E-state index in [1.165, 1.54) is 5.56 Å². The van der Waals surface area contributed by atoms with Gasteiger partial charge in [0.15, 0.2) is 0 Å². The molecule has 202 valence electrons. The van der Waals surface area contributed by atoms with Crippen molar-refractivity contribution < 1.29 is 19.4 Å². The van der Waals surface area contributed by atoms with Crippen molar-refractivity contribution >= 4 is 17.8 Å². The Balaban J connectivity index is 1.49. The second kappa shape index (κ2) is 13.8. The predicted octanol–water partition coefficient (Wildman–Crippen LogP) is 3.53. The first-order chi connectivity index (χ1) is 17.3. The minimum Gasteiger partial charge on any atom is -0.480 e. The number of anilines is 1. The van der Waals surface area contributed by atoms with E-state index in [-0.39, 0.29) is 24.2 Å². The number of hydrogen-bond acceptors (Lipinski definition) is 6. The fourth-order valence-electron chi connectivity index (χ4n) is 5.27. The molecule has 0 radical (unpaired) electrons. The molecule has 2 aliphatic heterocycles. The topological polar surface area (TPSA) is 107 Å². The molecule has 3 rings (SSSR count). The standard InChI is InChI=1S/C27H45N5O4/c1-19-10-11-20(2)32(19)27(35)30-24(26(33)34)14-17-31(18-21(3)36-4)16-6-5-9-23-13-12-22-8-7-15-28-25(22)29-23/h12-13,19-21,24H,5-11,14-18H2,1-4H3,(H,28,29)(H,30,35)(H,33,34). The van der Waals surface area contributed by atoms with Crippen LogP contribution in [0.25, 0.3) is 0 Å². The number of likely N-dealkylation sites (tertiary alicyclic amines) is 1. The van der Waals surface area contributed by atoms with Gasteiger partial charge >= 0.3 is 12.0 Å². The van der Waals surface area contributed by atoms with Gasteiger partial charge in [0.25, 0.3) is 0 Å². The lowest BCUT2D eigenvalue weighted by Gasteiger charge is -2.30. The van der Waals surface area contributed by atoms with Crippen molar-refractivity contribution in [2.75, 3.05) is 38.6 Å². The summed E-state index contributed by atoms with van der Waals surface area (Å²) < 4.78 is 5.47. The molecule has 2 amide bonds. The quantitative estimate of drug-likeness (QED) is 0.354. The van der Waals surface area contributed by atoms with Crippen LogP contribution in [-0.2, 0) is 22.4 Å². The van der Waals surface area contributed by atoms with E-state index in [1.54, 1.807) is 12.0 Å². The molecule has 36 heavy (non-hydrogen) atoms. The molecule has 2 aliphatic rings. The van der Waals surface area contributed by atoms with E-state index in [4.69, 9.17) is 9.72 Å². The summed E-state index contributed by atoms with van der Waals surface area (Å²) in [6.07, 6.45) is 7.46. The van der Waals surface area contributed by atoms with Crippen molar-refractivity contribution in [2.24, 2.45) is 0 Å². The van der Waals surface area contributed by atoms with E-state index in [1.807, 2.05) is 20.8 Å². The van der Waals surface area contributed by atoms with E-state index in [0.717, 1.165) is 76.1 Å². The highest BCUT2D eigenvalue weighted by atomic mass is 16.5. The second-order valence-electron chi connectivity index (χ2n) is 10.5. The van der Waals surface area contributed by atoms with E-state index >= 15 is 0 Å². The molecule has 0 bridgehead atoms. The van der Waals surface area contributed by atoms with E-state index < -0.39 is 12.0 Å². The number of nitrogens with one attached hydrogen (secondary N) is 2. The van der Waals surface area contributed by atoms with Crippen LogP contribution in [0.4, 0.5) is 10.6 Å². The lowest BCUT2D eigenvalue weighted by molar-refractivity contribution is -0.139. The molecule has 4 unspecified atom stereocenters. The maximum absolute atomic E-state index is 12.8. The number of fused-ring (bicyclic) bond motifs is 1. The van der Waals surface area contributed by atoms with Gasteiger partial charge < -0.3 is 30.3 Å². The number of methoxy groups -OCH3 is 1. The van der Waals surface area contributed by atoms with Crippen molar-refractivity contribution in [3.05, 3.63) is 23.4 Å². The molecule has 0 saturated carbocycles. The highest BCUT2D eigenvalue weighted by Gasteiger charge is 2.33. The average molecular weight is 504 g/mol. The van der Waals surface area contributed by atoms with Gasteiger partial charge in [-0.15, -0.1) is 0 Å². The third kappa shape index (κ3) is 8.06. The molecule has 4 atom stereocenters. The molecule has 3 heterocycles. The van der Waals surface area contributed by atoms with Gasteiger partial charge in [-0.1, -0.05) is 6.07 Å². The number of aliphatic carboxylic acids is 1. The van der Waals surface area contributed by atoms with Crippen molar-refractivity contribution in [1.82, 2.24) is 20.1 Å². The number of unbranched alkanes of at least 4 members (excludes halogenated alkanes) is 1. The largest absolute Gasteiger partial charge is 0.480 e. The third-order valence-corrected chi connectivity index (χ3v) is 7.54. The number of hydrogen-bond donors (Lipinski definition) is 3. The smallest absolute Gasteiger partial charge is 0.326 e. The molecule has 1 aromatic heterocycles. The molecule has 0 aromatic carbocycles. The Morgan fingerprint density at radius 3 is 2.69 bits per heavy atom. The Kier molecular flexibility index (Phi) is 10.8. The number of pyridine rings is 1. The first-order valence-electron chi connectivity index (χ1n) is 13.6. The van der Waals surface area contributed by atoms with Gasteiger partial charge in [0.2, 0.25) is 0 Å². The molecule has 9 nitrogen and oxygen atoms in total. The lowest BCUT2D eigenvalue weighted by atomic mass is 10.1. The zero-order valence-corrected chi connectivity index (χ0v) is 22.5. The summed E-state index contributed by atoms with van der Waals surface area (Å²) >= 11 is 0. The first kappa shape index (κ1) is 28.2. The molecule has 1 aromatic rings. The van der Waals surface area contributed by atoms with Gasteiger partial charge in [-0.2, -0.15) is 0 Å². The number of carboxylic acid groups (broad SMARTS) is 1. The van der Waals surface area contributed by atoms with Gasteiger partial charge in [-0.05, 0) is 90.3 Å². The maximum atomic E-state index is 12.8. The fraction of sp³-hybridized carbons (Fsp3) is 0.741. The molecular weight excluding hydrogens is 458 g/mol. The van der Waals surface area contributed by atoms with Gasteiger partial charge in [0, 0.05) is 44.5 Å². The minimum absolute atomic E-state index is 0.0440. The van der Waals surface area contributed by atoms with Crippen LogP contribution in [0.3, 0.4) is 0 Å².